The van der Waals surface area contributed by atoms with E-state index in [9.17, 15) is 4.79 Å². The van der Waals surface area contributed by atoms with E-state index in [0.29, 0.717) is 6.54 Å². The Bertz CT molecular complexity index is 491. The van der Waals surface area contributed by atoms with Gasteiger partial charge in [0.2, 0.25) is 5.91 Å². The first-order valence-corrected chi connectivity index (χ1v) is 7.93. The van der Waals surface area contributed by atoms with Gasteiger partial charge in [0, 0.05) is 45.3 Å². The van der Waals surface area contributed by atoms with E-state index in [0.717, 1.165) is 70.5 Å². The maximum absolute atomic E-state index is 12.3. The lowest BCUT2D eigenvalue weighted by Gasteiger charge is -2.35. The highest BCUT2D eigenvalue weighted by Crippen LogP contribution is 2.10. The van der Waals surface area contributed by atoms with Crippen molar-refractivity contribution in [2.75, 3.05) is 59.0 Å². The Balaban J connectivity index is 1.41. The van der Waals surface area contributed by atoms with Crippen LogP contribution in [0, 0.1) is 6.92 Å². The van der Waals surface area contributed by atoms with Crippen LogP contribution in [0.1, 0.15) is 11.5 Å². The van der Waals surface area contributed by atoms with Crippen LogP contribution in [0.4, 0.5) is 0 Å². The second-order valence-corrected chi connectivity index (χ2v) is 5.98. The van der Waals surface area contributed by atoms with E-state index in [1.807, 2.05) is 17.9 Å². The molecule has 0 unspecified atom stereocenters. The molecule has 2 fully saturated rings. The molecule has 3 rings (SSSR count). The number of carbonyl (C=O) groups is 1. The molecule has 7 heteroatoms. The minimum absolute atomic E-state index is 0.233. The number of piperazine rings is 1. The highest BCUT2D eigenvalue weighted by molar-refractivity contribution is 5.78. The van der Waals surface area contributed by atoms with Crippen LogP contribution in [0.25, 0.3) is 0 Å². The third-order valence-electron chi connectivity index (χ3n) is 4.24. The second-order valence-electron chi connectivity index (χ2n) is 5.98. The number of rotatable bonds is 4. The SMILES string of the molecule is Cc1cc(CN2CCN(C(=O)CN3CCOCC3)CC2)on1. The summed E-state index contributed by atoms with van der Waals surface area (Å²) in [6, 6.07) is 1.97. The molecule has 0 aromatic carbocycles. The molecule has 2 aliphatic heterocycles. The van der Waals surface area contributed by atoms with Crippen molar-refractivity contribution in [3.05, 3.63) is 17.5 Å². The van der Waals surface area contributed by atoms with Gasteiger partial charge in [0.1, 0.15) is 0 Å². The normalized spacial score (nSPS) is 21.2. The van der Waals surface area contributed by atoms with E-state index < -0.39 is 0 Å². The molecule has 22 heavy (non-hydrogen) atoms. The minimum Gasteiger partial charge on any atom is -0.379 e. The molecule has 2 saturated heterocycles. The molecular formula is C15H24N4O3. The van der Waals surface area contributed by atoms with Gasteiger partial charge in [0.05, 0.1) is 32.0 Å². The standard InChI is InChI=1S/C15H24N4O3/c1-13-10-14(22-16-13)11-17-2-4-19(5-3-17)15(20)12-18-6-8-21-9-7-18/h10H,2-9,11-12H2,1H3. The molecule has 3 heterocycles. The van der Waals surface area contributed by atoms with E-state index in [2.05, 4.69) is 15.0 Å². The van der Waals surface area contributed by atoms with E-state index in [1.54, 1.807) is 0 Å². The van der Waals surface area contributed by atoms with Gasteiger partial charge in [-0.05, 0) is 6.92 Å². The van der Waals surface area contributed by atoms with E-state index in [1.165, 1.54) is 0 Å². The van der Waals surface area contributed by atoms with Crippen LogP contribution in [0.15, 0.2) is 10.6 Å². The first-order chi connectivity index (χ1) is 10.7. The van der Waals surface area contributed by atoms with Crippen molar-refractivity contribution >= 4 is 5.91 Å². The van der Waals surface area contributed by atoms with Gasteiger partial charge in [0.25, 0.3) is 0 Å². The molecule has 0 bridgehead atoms. The molecule has 1 amide bonds. The summed E-state index contributed by atoms with van der Waals surface area (Å²) in [6.45, 7) is 9.74. The molecule has 0 radical (unpaired) electrons. The highest BCUT2D eigenvalue weighted by atomic mass is 16.5. The van der Waals surface area contributed by atoms with Crippen LogP contribution in [-0.2, 0) is 16.1 Å². The smallest absolute Gasteiger partial charge is 0.236 e. The van der Waals surface area contributed by atoms with Gasteiger partial charge in [-0.25, -0.2) is 0 Å². The lowest BCUT2D eigenvalue weighted by molar-refractivity contribution is -0.135. The molecule has 7 nitrogen and oxygen atoms in total. The Morgan fingerprint density at radius 2 is 1.86 bits per heavy atom. The summed E-state index contributed by atoms with van der Waals surface area (Å²) in [6.07, 6.45) is 0. The summed E-state index contributed by atoms with van der Waals surface area (Å²) < 4.78 is 10.6. The number of aromatic nitrogens is 1. The van der Waals surface area contributed by atoms with Crippen LogP contribution < -0.4 is 0 Å². The third kappa shape index (κ3) is 4.06. The molecule has 0 atom stereocenters. The van der Waals surface area contributed by atoms with Gasteiger partial charge >= 0.3 is 0 Å². The number of ether oxygens (including phenoxy) is 1. The van der Waals surface area contributed by atoms with Crippen LogP contribution >= 0.6 is 0 Å². The van der Waals surface area contributed by atoms with Crippen molar-refractivity contribution in [3.8, 4) is 0 Å². The highest BCUT2D eigenvalue weighted by Gasteiger charge is 2.24. The summed E-state index contributed by atoms with van der Waals surface area (Å²) in [5.41, 5.74) is 0.911. The number of aryl methyl sites for hydroxylation is 1. The number of morpholine rings is 1. The number of hydrogen-bond acceptors (Lipinski definition) is 6. The zero-order chi connectivity index (χ0) is 15.4. The van der Waals surface area contributed by atoms with Crippen molar-refractivity contribution in [1.29, 1.82) is 0 Å². The largest absolute Gasteiger partial charge is 0.379 e. The molecule has 1 aromatic rings. The van der Waals surface area contributed by atoms with Crippen molar-refractivity contribution in [2.45, 2.75) is 13.5 Å². The summed E-state index contributed by atoms with van der Waals surface area (Å²) in [4.78, 5) is 18.8. The van der Waals surface area contributed by atoms with Crippen molar-refractivity contribution in [3.63, 3.8) is 0 Å². The van der Waals surface area contributed by atoms with E-state index >= 15 is 0 Å². The summed E-state index contributed by atoms with van der Waals surface area (Å²) >= 11 is 0. The molecule has 122 valence electrons. The van der Waals surface area contributed by atoms with Gasteiger partial charge in [-0.1, -0.05) is 5.16 Å². The number of hydrogen-bond donors (Lipinski definition) is 0. The molecule has 0 saturated carbocycles. The Labute approximate surface area is 130 Å². The zero-order valence-electron chi connectivity index (χ0n) is 13.2. The number of carbonyl (C=O) groups excluding carboxylic acids is 1. The molecule has 0 spiro atoms. The fourth-order valence-corrected chi connectivity index (χ4v) is 2.92. The predicted molar refractivity (Wildman–Crippen MR) is 80.4 cm³/mol. The summed E-state index contributed by atoms with van der Waals surface area (Å²) in [5.74, 6) is 1.13. The summed E-state index contributed by atoms with van der Waals surface area (Å²) in [7, 11) is 0. The second kappa shape index (κ2) is 7.21. The average Bonchev–Trinajstić information content (AvgIpc) is 2.94. The van der Waals surface area contributed by atoms with E-state index in [4.69, 9.17) is 9.26 Å². The lowest BCUT2D eigenvalue weighted by atomic mass is 10.2. The zero-order valence-corrected chi connectivity index (χ0v) is 13.2. The average molecular weight is 308 g/mol. The van der Waals surface area contributed by atoms with Crippen molar-refractivity contribution in [2.24, 2.45) is 0 Å². The fourth-order valence-electron chi connectivity index (χ4n) is 2.92. The maximum Gasteiger partial charge on any atom is 0.236 e. The van der Waals surface area contributed by atoms with Crippen LogP contribution in [0.2, 0.25) is 0 Å². The third-order valence-corrected chi connectivity index (χ3v) is 4.24. The van der Waals surface area contributed by atoms with Crippen molar-refractivity contribution < 1.29 is 14.1 Å². The number of nitrogens with zero attached hydrogens (tertiary/aromatic N) is 4. The minimum atomic E-state index is 0.233. The van der Waals surface area contributed by atoms with Gasteiger partial charge in [-0.3, -0.25) is 14.6 Å². The lowest BCUT2D eigenvalue weighted by Crippen LogP contribution is -2.51. The van der Waals surface area contributed by atoms with Gasteiger partial charge in [-0.2, -0.15) is 0 Å². The van der Waals surface area contributed by atoms with Crippen LogP contribution in [0.3, 0.4) is 0 Å². The molecule has 0 N–H and O–H groups in total. The molecule has 1 aromatic heterocycles. The van der Waals surface area contributed by atoms with E-state index in [-0.39, 0.29) is 5.91 Å². The van der Waals surface area contributed by atoms with Gasteiger partial charge in [0.15, 0.2) is 5.76 Å². The fraction of sp³-hybridized carbons (Fsp3) is 0.733. The quantitative estimate of drug-likeness (QED) is 0.778. The first kappa shape index (κ1) is 15.5. The monoisotopic (exact) mass is 308 g/mol. The Hall–Kier alpha value is -1.44. The Morgan fingerprint density at radius 1 is 1.14 bits per heavy atom. The van der Waals surface area contributed by atoms with Crippen LogP contribution in [0.5, 0.6) is 0 Å². The number of amides is 1. The Morgan fingerprint density at radius 3 is 2.50 bits per heavy atom. The maximum atomic E-state index is 12.3. The summed E-state index contributed by atoms with van der Waals surface area (Å²) in [5, 5.41) is 3.91. The topological polar surface area (TPSA) is 62.0 Å². The molecular weight excluding hydrogens is 284 g/mol. The molecule has 0 aliphatic carbocycles. The van der Waals surface area contributed by atoms with Crippen molar-refractivity contribution in [1.82, 2.24) is 19.9 Å². The van der Waals surface area contributed by atoms with Gasteiger partial charge in [-0.15, -0.1) is 0 Å². The van der Waals surface area contributed by atoms with Crippen LogP contribution in [-0.4, -0.2) is 84.8 Å². The molecule has 2 aliphatic rings. The van der Waals surface area contributed by atoms with Gasteiger partial charge < -0.3 is 14.2 Å². The Kier molecular flexibility index (Phi) is 5.07. The predicted octanol–water partition coefficient (Wildman–Crippen LogP) is -0.0406. The first-order valence-electron chi connectivity index (χ1n) is 7.93.